The van der Waals surface area contributed by atoms with E-state index in [0.717, 1.165) is 16.5 Å². The summed E-state index contributed by atoms with van der Waals surface area (Å²) in [5.74, 6) is 10.3. The zero-order valence-corrected chi connectivity index (χ0v) is 20.4. The number of carbonyl (C=O) groups excluding carboxylic acids is 2. The average molecular weight is 517 g/mol. The van der Waals surface area contributed by atoms with E-state index in [0.29, 0.717) is 28.4 Å². The molecule has 0 bridgehead atoms. The summed E-state index contributed by atoms with van der Waals surface area (Å²) < 4.78 is 0. The number of benzene rings is 3. The number of nitrogens with two attached hydrogens (primary N) is 2. The van der Waals surface area contributed by atoms with Crippen molar-refractivity contribution in [3.63, 3.8) is 0 Å². The largest absolute Gasteiger partial charge is 0.340 e. The number of nitrogens with zero attached hydrogens (tertiary/aromatic N) is 3. The Morgan fingerprint density at radius 1 is 1.14 bits per heavy atom. The third kappa shape index (κ3) is 6.72. The van der Waals surface area contributed by atoms with Gasteiger partial charge in [-0.25, -0.2) is 5.84 Å². The number of carbonyl (C=O) groups is 2. The minimum atomic E-state index is -0.839. The molecule has 0 aliphatic rings. The van der Waals surface area contributed by atoms with Crippen molar-refractivity contribution >= 4 is 58.1 Å². The summed E-state index contributed by atoms with van der Waals surface area (Å²) in [5.41, 5.74) is 3.42. The summed E-state index contributed by atoms with van der Waals surface area (Å²) in [7, 11) is 0. The van der Waals surface area contributed by atoms with Crippen LogP contribution in [0.4, 0.5) is 11.4 Å². The molecule has 1 aromatic heterocycles. The van der Waals surface area contributed by atoms with Crippen molar-refractivity contribution in [3.05, 3.63) is 95.2 Å². The molecule has 0 saturated carbocycles. The van der Waals surface area contributed by atoms with Crippen LogP contribution in [0.2, 0.25) is 5.02 Å². The quantitative estimate of drug-likeness (QED) is 0.0756. The summed E-state index contributed by atoms with van der Waals surface area (Å²) in [6.07, 6.45) is 6.05. The number of hydrazone groups is 1. The fourth-order valence-electron chi connectivity index (χ4n) is 3.72. The summed E-state index contributed by atoms with van der Waals surface area (Å²) in [6.45, 7) is 0. The Bertz CT molecular complexity index is 1450. The van der Waals surface area contributed by atoms with Gasteiger partial charge in [0.15, 0.2) is 0 Å². The van der Waals surface area contributed by atoms with Crippen molar-refractivity contribution in [1.82, 2.24) is 15.5 Å². The van der Waals surface area contributed by atoms with E-state index in [-0.39, 0.29) is 5.91 Å². The zero-order valence-electron chi connectivity index (χ0n) is 19.6. The molecule has 1 atom stereocenters. The second-order valence-electron chi connectivity index (χ2n) is 8.12. The number of nitrogens with one attached hydrogen (secondary N) is 3. The van der Waals surface area contributed by atoms with E-state index in [4.69, 9.17) is 23.3 Å². The molecule has 4 rings (SSSR count). The van der Waals surface area contributed by atoms with Crippen LogP contribution in [0.3, 0.4) is 0 Å². The van der Waals surface area contributed by atoms with Crippen molar-refractivity contribution in [2.24, 2.45) is 16.8 Å². The van der Waals surface area contributed by atoms with E-state index in [9.17, 15) is 9.59 Å². The number of hydrogen-bond acceptors (Lipinski definition) is 6. The van der Waals surface area contributed by atoms with Crippen LogP contribution in [0.25, 0.3) is 17.0 Å². The lowest BCUT2D eigenvalue weighted by molar-refractivity contribution is -0.123. The van der Waals surface area contributed by atoms with Crippen LogP contribution in [0, 0.1) is 0 Å². The number of fused-ring (bicyclic) bond motifs is 1. The highest BCUT2D eigenvalue weighted by molar-refractivity contribution is 6.30. The molecule has 37 heavy (non-hydrogen) atoms. The third-order valence-electron chi connectivity index (χ3n) is 5.50. The molecular formula is C26H25ClN8O2. The van der Waals surface area contributed by atoms with Gasteiger partial charge in [0.05, 0.1) is 17.4 Å². The van der Waals surface area contributed by atoms with Crippen LogP contribution in [-0.2, 0) is 16.0 Å². The van der Waals surface area contributed by atoms with Crippen LogP contribution in [0.15, 0.2) is 84.1 Å². The fourth-order valence-corrected chi connectivity index (χ4v) is 3.90. The van der Waals surface area contributed by atoms with E-state index in [1.54, 1.807) is 36.5 Å². The van der Waals surface area contributed by atoms with Gasteiger partial charge in [0.25, 0.3) is 0 Å². The molecule has 0 aliphatic carbocycles. The first-order chi connectivity index (χ1) is 17.9. The van der Waals surface area contributed by atoms with Crippen LogP contribution in [0.5, 0.6) is 0 Å². The van der Waals surface area contributed by atoms with E-state index < -0.39 is 11.9 Å². The van der Waals surface area contributed by atoms with Gasteiger partial charge < -0.3 is 16.5 Å². The number of anilines is 2. The van der Waals surface area contributed by atoms with Gasteiger partial charge in [0, 0.05) is 34.2 Å². The number of amides is 2. The van der Waals surface area contributed by atoms with E-state index in [1.807, 2.05) is 42.5 Å². The summed E-state index contributed by atoms with van der Waals surface area (Å²) in [4.78, 5) is 26.1. The molecule has 1 heterocycles. The molecule has 0 radical (unpaired) electrons. The molecule has 11 heteroatoms. The Morgan fingerprint density at radius 3 is 2.73 bits per heavy atom. The predicted molar refractivity (Wildman–Crippen MR) is 147 cm³/mol. The lowest BCUT2D eigenvalue weighted by Crippen LogP contribution is -2.44. The van der Waals surface area contributed by atoms with Gasteiger partial charge in [-0.15, -0.1) is 0 Å². The lowest BCUT2D eigenvalue weighted by atomic mass is 10.0. The maximum absolute atomic E-state index is 13.2. The fraction of sp³-hybridized carbons (Fsp3) is 0.0769. The molecule has 0 spiro atoms. The van der Waals surface area contributed by atoms with E-state index >= 15 is 0 Å². The zero-order chi connectivity index (χ0) is 26.2. The molecule has 7 N–H and O–H groups in total. The standard InChI is InChI=1S/C26H25ClN8O2/c27-20-7-10-24(35(29)16-30-28)18(13-20)6-11-25(36)33-23(12-17-4-2-1-3-5-17)26(37)32-21-8-9-22-19(14-21)15-31-34-22/h1-11,13-16,23H,12,28-29H2,(H,31,34)(H,32,37)(H,33,36)/b11-6+,30-16-. The molecule has 2 amide bonds. The first-order valence-corrected chi connectivity index (χ1v) is 11.6. The number of hydrogen-bond donors (Lipinski definition) is 5. The van der Waals surface area contributed by atoms with Crippen molar-refractivity contribution in [1.29, 1.82) is 0 Å². The Kier molecular flexibility index (Phi) is 8.14. The van der Waals surface area contributed by atoms with Crippen LogP contribution >= 0.6 is 11.6 Å². The minimum Gasteiger partial charge on any atom is -0.340 e. The maximum Gasteiger partial charge on any atom is 0.247 e. The SMILES string of the molecule is N/N=C\N(N)c1ccc(Cl)cc1/C=C/C(=O)NC(Cc1ccccc1)C(=O)Nc1ccc2[nH]ncc2c1. The summed E-state index contributed by atoms with van der Waals surface area (Å²) >= 11 is 6.13. The number of aromatic amines is 1. The molecule has 1 unspecified atom stereocenters. The average Bonchev–Trinajstić information content (AvgIpc) is 3.36. The number of halogens is 1. The number of rotatable bonds is 9. The third-order valence-corrected chi connectivity index (χ3v) is 5.73. The normalized spacial score (nSPS) is 12.2. The van der Waals surface area contributed by atoms with Gasteiger partial charge in [0.1, 0.15) is 12.4 Å². The first kappa shape index (κ1) is 25.4. The smallest absolute Gasteiger partial charge is 0.247 e. The highest BCUT2D eigenvalue weighted by Gasteiger charge is 2.21. The molecule has 3 aromatic carbocycles. The van der Waals surface area contributed by atoms with Gasteiger partial charge in [-0.05, 0) is 48.0 Å². The van der Waals surface area contributed by atoms with Crippen LogP contribution in [-0.4, -0.2) is 34.4 Å². The number of H-pyrrole nitrogens is 1. The van der Waals surface area contributed by atoms with Crippen molar-refractivity contribution in [3.8, 4) is 0 Å². The van der Waals surface area contributed by atoms with E-state index in [2.05, 4.69) is 25.9 Å². The highest BCUT2D eigenvalue weighted by atomic mass is 35.5. The van der Waals surface area contributed by atoms with E-state index in [1.165, 1.54) is 17.4 Å². The Morgan fingerprint density at radius 2 is 1.95 bits per heavy atom. The van der Waals surface area contributed by atoms with Crippen LogP contribution < -0.4 is 27.3 Å². The first-order valence-electron chi connectivity index (χ1n) is 11.3. The summed E-state index contributed by atoms with van der Waals surface area (Å²) in [5, 5.41) is 18.5. The summed E-state index contributed by atoms with van der Waals surface area (Å²) in [6, 6.07) is 19.0. The van der Waals surface area contributed by atoms with Gasteiger partial charge in [-0.1, -0.05) is 41.9 Å². The maximum atomic E-state index is 13.2. The van der Waals surface area contributed by atoms with Gasteiger partial charge >= 0.3 is 0 Å². The second-order valence-corrected chi connectivity index (χ2v) is 8.56. The molecule has 0 fully saturated rings. The second kappa shape index (κ2) is 11.8. The molecule has 0 aliphatic heterocycles. The van der Waals surface area contributed by atoms with Crippen molar-refractivity contribution < 1.29 is 9.59 Å². The predicted octanol–water partition coefficient (Wildman–Crippen LogP) is 3.18. The highest BCUT2D eigenvalue weighted by Crippen LogP contribution is 2.23. The molecule has 4 aromatic rings. The topological polar surface area (TPSA) is 155 Å². The molecular weight excluding hydrogens is 492 g/mol. The Hall–Kier alpha value is -4.67. The lowest BCUT2D eigenvalue weighted by Gasteiger charge is -2.18. The number of hydrazine groups is 1. The number of aromatic nitrogens is 2. The van der Waals surface area contributed by atoms with Gasteiger partial charge in [-0.3, -0.25) is 19.7 Å². The minimum absolute atomic E-state index is 0.298. The van der Waals surface area contributed by atoms with Crippen molar-refractivity contribution in [2.75, 3.05) is 10.3 Å². The van der Waals surface area contributed by atoms with Gasteiger partial charge in [0.2, 0.25) is 11.8 Å². The molecule has 0 saturated heterocycles. The molecule has 188 valence electrons. The Balaban J connectivity index is 1.52. The van der Waals surface area contributed by atoms with Crippen LogP contribution in [0.1, 0.15) is 11.1 Å². The van der Waals surface area contributed by atoms with Crippen molar-refractivity contribution in [2.45, 2.75) is 12.5 Å². The monoisotopic (exact) mass is 516 g/mol. The Labute approximate surface area is 217 Å². The van der Waals surface area contributed by atoms with Gasteiger partial charge in [-0.2, -0.15) is 10.2 Å². The molecule has 10 nitrogen and oxygen atoms in total.